The zero-order chi connectivity index (χ0) is 7.64. The molecule has 0 spiro atoms. The van der Waals surface area contributed by atoms with E-state index < -0.39 is 0 Å². The molecule has 0 saturated heterocycles. The van der Waals surface area contributed by atoms with Crippen molar-refractivity contribution >= 4 is 0 Å². The van der Waals surface area contributed by atoms with Crippen molar-refractivity contribution in [1.29, 1.82) is 0 Å². The topological polar surface area (TPSA) is 9.23 Å². The van der Waals surface area contributed by atoms with Crippen molar-refractivity contribution in [2.45, 2.75) is 31.8 Å². The molecule has 0 N–H and O–H groups in total. The molecular weight excluding hydrogens is 136 g/mol. The fourth-order valence-electron chi connectivity index (χ4n) is 3.95. The largest absolute Gasteiger partial charge is 0.378 e. The molecule has 3 fully saturated rings. The molecule has 0 radical (unpaired) electrons. The molecule has 3 rings (SSSR count). The van der Waals surface area contributed by atoms with Gasteiger partial charge < -0.3 is 4.74 Å². The summed E-state index contributed by atoms with van der Waals surface area (Å²) < 4.78 is 5.69. The monoisotopic (exact) mass is 152 g/mol. The molecule has 3 aliphatic rings. The van der Waals surface area contributed by atoms with Crippen LogP contribution in [0.15, 0.2) is 0 Å². The lowest BCUT2D eigenvalue weighted by Crippen LogP contribution is -2.35. The first-order valence-electron chi connectivity index (χ1n) is 4.82. The van der Waals surface area contributed by atoms with E-state index >= 15 is 0 Å². The van der Waals surface area contributed by atoms with Crippen molar-refractivity contribution in [2.75, 3.05) is 7.11 Å². The van der Waals surface area contributed by atoms with Crippen LogP contribution in [0.2, 0.25) is 0 Å². The summed E-state index contributed by atoms with van der Waals surface area (Å²) in [6, 6.07) is 0. The summed E-state index contributed by atoms with van der Waals surface area (Å²) in [5.41, 5.74) is 0.285. The van der Waals surface area contributed by atoms with Gasteiger partial charge in [-0.2, -0.15) is 0 Å². The Morgan fingerprint density at radius 1 is 1.18 bits per heavy atom. The van der Waals surface area contributed by atoms with E-state index in [2.05, 4.69) is 6.92 Å². The third-order valence-electron chi connectivity index (χ3n) is 4.63. The van der Waals surface area contributed by atoms with Gasteiger partial charge in [-0.3, -0.25) is 0 Å². The minimum Gasteiger partial charge on any atom is -0.378 e. The number of rotatable bonds is 1. The molecule has 3 saturated carbocycles. The van der Waals surface area contributed by atoms with Crippen LogP contribution in [-0.4, -0.2) is 12.7 Å². The highest BCUT2D eigenvalue weighted by Crippen LogP contribution is 2.70. The Labute approximate surface area is 68.1 Å². The molecule has 0 aliphatic heterocycles. The van der Waals surface area contributed by atoms with E-state index in [-0.39, 0.29) is 5.60 Å². The lowest BCUT2D eigenvalue weighted by atomic mass is 9.88. The van der Waals surface area contributed by atoms with Crippen LogP contribution in [0.5, 0.6) is 0 Å². The molecule has 2 bridgehead atoms. The van der Waals surface area contributed by atoms with Gasteiger partial charge in [-0.25, -0.2) is 0 Å². The van der Waals surface area contributed by atoms with Crippen LogP contribution in [0.4, 0.5) is 0 Å². The molecule has 0 aromatic heterocycles. The molecular formula is C10H16O. The van der Waals surface area contributed by atoms with Crippen molar-refractivity contribution in [3.63, 3.8) is 0 Å². The average molecular weight is 152 g/mol. The van der Waals surface area contributed by atoms with Crippen molar-refractivity contribution in [3.05, 3.63) is 0 Å². The lowest BCUT2D eigenvalue weighted by Gasteiger charge is -2.31. The number of methoxy groups -OCH3 is 1. The summed E-state index contributed by atoms with van der Waals surface area (Å²) in [7, 11) is 1.90. The van der Waals surface area contributed by atoms with Gasteiger partial charge in [0.15, 0.2) is 0 Å². The van der Waals surface area contributed by atoms with Crippen molar-refractivity contribution in [2.24, 2.45) is 23.7 Å². The zero-order valence-electron chi connectivity index (χ0n) is 7.34. The summed E-state index contributed by atoms with van der Waals surface area (Å²) in [4.78, 5) is 0. The maximum absolute atomic E-state index is 5.69. The Morgan fingerprint density at radius 3 is 2.09 bits per heavy atom. The van der Waals surface area contributed by atoms with Gasteiger partial charge >= 0.3 is 0 Å². The predicted molar refractivity (Wildman–Crippen MR) is 43.2 cm³/mol. The van der Waals surface area contributed by atoms with Crippen LogP contribution in [-0.2, 0) is 4.74 Å². The highest BCUT2D eigenvalue weighted by molar-refractivity contribution is 5.17. The molecule has 11 heavy (non-hydrogen) atoms. The number of hydrogen-bond donors (Lipinski definition) is 0. The standard InChI is InChI=1S/C10H16O/c1-10(11-2)8-3-4-9(10)7-5-6(7)8/h6-9H,3-5H2,1-2H3/t6-,7-,8+,9+/m1/s1. The Bertz CT molecular complexity index is 183. The minimum absolute atomic E-state index is 0.285. The van der Waals surface area contributed by atoms with Crippen molar-refractivity contribution in [3.8, 4) is 0 Å². The highest BCUT2D eigenvalue weighted by atomic mass is 16.5. The quantitative estimate of drug-likeness (QED) is 0.559. The number of fused-ring (bicyclic) bond motifs is 5. The highest BCUT2D eigenvalue weighted by Gasteiger charge is 2.68. The predicted octanol–water partition coefficient (Wildman–Crippen LogP) is 2.07. The first kappa shape index (κ1) is 6.47. The first-order chi connectivity index (χ1) is 5.27. The van der Waals surface area contributed by atoms with Gasteiger partial charge in [0, 0.05) is 7.11 Å². The molecule has 62 valence electrons. The van der Waals surface area contributed by atoms with Gasteiger partial charge in [-0.1, -0.05) is 0 Å². The van der Waals surface area contributed by atoms with Gasteiger partial charge in [0.25, 0.3) is 0 Å². The van der Waals surface area contributed by atoms with E-state index in [1.165, 1.54) is 19.3 Å². The molecule has 0 unspecified atom stereocenters. The first-order valence-corrected chi connectivity index (χ1v) is 4.82. The Morgan fingerprint density at radius 2 is 1.73 bits per heavy atom. The van der Waals surface area contributed by atoms with Crippen molar-refractivity contribution < 1.29 is 4.74 Å². The molecule has 4 atom stereocenters. The minimum atomic E-state index is 0.285. The summed E-state index contributed by atoms with van der Waals surface area (Å²) >= 11 is 0. The fourth-order valence-corrected chi connectivity index (χ4v) is 3.95. The van der Waals surface area contributed by atoms with Crippen LogP contribution >= 0.6 is 0 Å². The smallest absolute Gasteiger partial charge is 0.0712 e. The molecule has 0 aromatic rings. The van der Waals surface area contributed by atoms with Crippen molar-refractivity contribution in [1.82, 2.24) is 0 Å². The van der Waals surface area contributed by atoms with Gasteiger partial charge in [0.1, 0.15) is 0 Å². The lowest BCUT2D eigenvalue weighted by molar-refractivity contribution is -0.0456. The summed E-state index contributed by atoms with van der Waals surface area (Å²) in [5.74, 6) is 3.97. The molecule has 1 heteroatoms. The number of ether oxygens (including phenoxy) is 1. The van der Waals surface area contributed by atoms with Crippen LogP contribution < -0.4 is 0 Å². The SMILES string of the molecule is COC1(C)[C@H]2CC[C@H]1[C@@H]1C[C@H]12. The second-order valence-corrected chi connectivity index (χ2v) is 4.74. The molecule has 1 nitrogen and oxygen atoms in total. The van der Waals surface area contributed by atoms with Crippen LogP contribution in [0.1, 0.15) is 26.2 Å². The molecule has 3 aliphatic carbocycles. The summed E-state index contributed by atoms with van der Waals surface area (Å²) in [6.45, 7) is 2.33. The maximum Gasteiger partial charge on any atom is 0.0712 e. The molecule has 0 amide bonds. The van der Waals surface area contributed by atoms with E-state index in [1.54, 1.807) is 0 Å². The van der Waals surface area contributed by atoms with Gasteiger partial charge in [0.05, 0.1) is 5.60 Å². The molecule has 0 aromatic carbocycles. The van der Waals surface area contributed by atoms with E-state index in [9.17, 15) is 0 Å². The van der Waals surface area contributed by atoms with E-state index in [0.717, 1.165) is 23.7 Å². The Kier molecular flexibility index (Phi) is 0.976. The average Bonchev–Trinajstić information content (AvgIpc) is 2.71. The van der Waals surface area contributed by atoms with E-state index in [0.29, 0.717) is 0 Å². The molecule has 0 heterocycles. The third-order valence-corrected chi connectivity index (χ3v) is 4.63. The van der Waals surface area contributed by atoms with Crippen LogP contribution in [0.3, 0.4) is 0 Å². The third kappa shape index (κ3) is 0.547. The second kappa shape index (κ2) is 1.66. The summed E-state index contributed by atoms with van der Waals surface area (Å²) in [5, 5.41) is 0. The van der Waals surface area contributed by atoms with E-state index in [4.69, 9.17) is 4.74 Å². The number of hydrogen-bond acceptors (Lipinski definition) is 1. The second-order valence-electron chi connectivity index (χ2n) is 4.74. The van der Waals surface area contributed by atoms with Gasteiger partial charge in [0.2, 0.25) is 0 Å². The zero-order valence-corrected chi connectivity index (χ0v) is 7.34. The van der Waals surface area contributed by atoms with Gasteiger partial charge in [-0.15, -0.1) is 0 Å². The van der Waals surface area contributed by atoms with E-state index in [1.807, 2.05) is 7.11 Å². The Balaban J connectivity index is 1.99. The normalized spacial score (nSPS) is 64.9. The Hall–Kier alpha value is -0.0400. The maximum atomic E-state index is 5.69. The van der Waals surface area contributed by atoms with Gasteiger partial charge in [-0.05, 0) is 49.9 Å². The van der Waals surface area contributed by atoms with Crippen LogP contribution in [0, 0.1) is 23.7 Å². The fraction of sp³-hybridized carbons (Fsp3) is 1.00. The summed E-state index contributed by atoms with van der Waals surface area (Å²) in [6.07, 6.45) is 4.40. The van der Waals surface area contributed by atoms with Crippen LogP contribution in [0.25, 0.3) is 0 Å².